The predicted molar refractivity (Wildman–Crippen MR) is 97.3 cm³/mol. The first kappa shape index (κ1) is 17.8. The molecule has 5 nitrogen and oxygen atoms in total. The molecule has 0 saturated heterocycles. The number of benzene rings is 2. The fraction of sp³-hybridized carbons (Fsp3) is 0.158. The van der Waals surface area contributed by atoms with Crippen molar-refractivity contribution in [3.05, 3.63) is 66.2 Å². The zero-order valence-electron chi connectivity index (χ0n) is 14.1. The van der Waals surface area contributed by atoms with Crippen molar-refractivity contribution in [3.63, 3.8) is 0 Å². The van der Waals surface area contributed by atoms with E-state index in [0.717, 1.165) is 17.7 Å². The van der Waals surface area contributed by atoms with Crippen LogP contribution in [0.1, 0.15) is 6.92 Å². The summed E-state index contributed by atoms with van der Waals surface area (Å²) >= 11 is 0. The van der Waals surface area contributed by atoms with E-state index in [9.17, 15) is 13.9 Å². The zero-order valence-corrected chi connectivity index (χ0v) is 14.1. The number of rotatable bonds is 6. The molecule has 1 atom stereocenters. The van der Waals surface area contributed by atoms with Crippen molar-refractivity contribution in [2.24, 2.45) is 0 Å². The quantitative estimate of drug-likeness (QED) is 0.624. The molecule has 3 N–H and O–H groups in total. The Hall–Kier alpha value is -3.06. The highest BCUT2D eigenvalue weighted by atomic mass is 19.1. The molecular formula is C19H18F2N4O. The standard InChI is InChI=1S/C19H18F2N4O/c1-12(11-26)22-19-23-16(13-6-3-2-4-7-13)10-17(25-19)24-18-14(20)8-5-9-15(18)21/h2-10,12,26H,11H2,1H3,(H2,22,23,24,25)/t12-/m0/s1. The Labute approximate surface area is 149 Å². The second kappa shape index (κ2) is 7.88. The number of hydrogen-bond donors (Lipinski definition) is 3. The lowest BCUT2D eigenvalue weighted by molar-refractivity contribution is 0.281. The molecule has 0 aliphatic heterocycles. The summed E-state index contributed by atoms with van der Waals surface area (Å²) in [7, 11) is 0. The number of aliphatic hydroxyl groups is 1. The van der Waals surface area contributed by atoms with Crippen LogP contribution in [-0.2, 0) is 0 Å². The van der Waals surface area contributed by atoms with Gasteiger partial charge in [0.2, 0.25) is 5.95 Å². The average Bonchev–Trinajstić information content (AvgIpc) is 2.65. The van der Waals surface area contributed by atoms with Crippen molar-refractivity contribution in [1.82, 2.24) is 9.97 Å². The van der Waals surface area contributed by atoms with Gasteiger partial charge in [-0.15, -0.1) is 0 Å². The van der Waals surface area contributed by atoms with Crippen LogP contribution < -0.4 is 10.6 Å². The number of halogens is 2. The first-order valence-corrected chi connectivity index (χ1v) is 8.09. The summed E-state index contributed by atoms with van der Waals surface area (Å²) in [4.78, 5) is 8.66. The van der Waals surface area contributed by atoms with E-state index in [-0.39, 0.29) is 30.1 Å². The van der Waals surface area contributed by atoms with E-state index in [1.54, 1.807) is 13.0 Å². The molecular weight excluding hydrogens is 338 g/mol. The Morgan fingerprint density at radius 2 is 1.69 bits per heavy atom. The number of nitrogens with one attached hydrogen (secondary N) is 2. The van der Waals surface area contributed by atoms with Crippen LogP contribution in [0.4, 0.5) is 26.2 Å². The average molecular weight is 356 g/mol. The van der Waals surface area contributed by atoms with Crippen LogP contribution in [0.25, 0.3) is 11.3 Å². The van der Waals surface area contributed by atoms with E-state index in [1.807, 2.05) is 30.3 Å². The fourth-order valence-electron chi connectivity index (χ4n) is 2.34. The van der Waals surface area contributed by atoms with Gasteiger partial charge in [-0.1, -0.05) is 36.4 Å². The monoisotopic (exact) mass is 356 g/mol. The highest BCUT2D eigenvalue weighted by Crippen LogP contribution is 2.26. The smallest absolute Gasteiger partial charge is 0.225 e. The highest BCUT2D eigenvalue weighted by Gasteiger charge is 2.13. The maximum Gasteiger partial charge on any atom is 0.225 e. The molecule has 7 heteroatoms. The van der Waals surface area contributed by atoms with Crippen molar-refractivity contribution < 1.29 is 13.9 Å². The molecule has 0 bridgehead atoms. The lowest BCUT2D eigenvalue weighted by Gasteiger charge is -2.14. The van der Waals surface area contributed by atoms with Crippen molar-refractivity contribution in [1.29, 1.82) is 0 Å². The predicted octanol–water partition coefficient (Wildman–Crippen LogP) is 3.96. The summed E-state index contributed by atoms with van der Waals surface area (Å²) in [6.07, 6.45) is 0. The molecule has 134 valence electrons. The van der Waals surface area contributed by atoms with Gasteiger partial charge in [0.15, 0.2) is 0 Å². The van der Waals surface area contributed by atoms with Crippen LogP contribution in [0.3, 0.4) is 0 Å². The van der Waals surface area contributed by atoms with E-state index in [1.165, 1.54) is 6.07 Å². The lowest BCUT2D eigenvalue weighted by Crippen LogP contribution is -2.21. The van der Waals surface area contributed by atoms with Crippen LogP contribution >= 0.6 is 0 Å². The third kappa shape index (κ3) is 4.12. The number of aliphatic hydroxyl groups excluding tert-OH is 1. The van der Waals surface area contributed by atoms with Gasteiger partial charge in [-0.25, -0.2) is 13.8 Å². The SMILES string of the molecule is C[C@@H](CO)Nc1nc(Nc2c(F)cccc2F)cc(-c2ccccc2)n1. The van der Waals surface area contributed by atoms with Crippen molar-refractivity contribution in [2.75, 3.05) is 17.2 Å². The Kier molecular flexibility index (Phi) is 5.38. The normalized spacial score (nSPS) is 11.8. The van der Waals surface area contributed by atoms with Gasteiger partial charge in [-0.3, -0.25) is 0 Å². The van der Waals surface area contributed by atoms with E-state index < -0.39 is 11.6 Å². The molecule has 26 heavy (non-hydrogen) atoms. The number of hydrogen-bond acceptors (Lipinski definition) is 5. The molecule has 1 heterocycles. The minimum absolute atomic E-state index is 0.108. The summed E-state index contributed by atoms with van der Waals surface area (Å²) < 4.78 is 27.9. The van der Waals surface area contributed by atoms with Crippen LogP contribution in [0.15, 0.2) is 54.6 Å². The van der Waals surface area contributed by atoms with Gasteiger partial charge < -0.3 is 15.7 Å². The van der Waals surface area contributed by atoms with Crippen LogP contribution in [0.5, 0.6) is 0 Å². The van der Waals surface area contributed by atoms with Gasteiger partial charge in [0.1, 0.15) is 23.1 Å². The molecule has 0 unspecified atom stereocenters. The molecule has 0 aliphatic carbocycles. The van der Waals surface area contributed by atoms with Gasteiger partial charge in [-0.2, -0.15) is 4.98 Å². The summed E-state index contributed by atoms with van der Waals surface area (Å²) in [5.74, 6) is -0.964. The van der Waals surface area contributed by atoms with Crippen LogP contribution in [0, 0.1) is 11.6 Å². The van der Waals surface area contributed by atoms with Gasteiger partial charge in [-0.05, 0) is 19.1 Å². The molecule has 0 saturated carbocycles. The summed E-state index contributed by atoms with van der Waals surface area (Å²) in [5.41, 5.74) is 1.12. The molecule has 0 radical (unpaired) electrons. The van der Waals surface area contributed by atoms with Gasteiger partial charge >= 0.3 is 0 Å². The van der Waals surface area contributed by atoms with Gasteiger partial charge in [0.25, 0.3) is 0 Å². The minimum Gasteiger partial charge on any atom is -0.394 e. The number of anilines is 3. The third-order valence-corrected chi connectivity index (χ3v) is 3.66. The Morgan fingerprint density at radius 3 is 2.35 bits per heavy atom. The molecule has 0 amide bonds. The molecule has 0 aliphatic rings. The number of para-hydroxylation sites is 1. The summed E-state index contributed by atoms with van der Waals surface area (Å²) in [6.45, 7) is 1.66. The molecule has 2 aromatic carbocycles. The molecule has 3 rings (SSSR count). The van der Waals surface area contributed by atoms with E-state index in [4.69, 9.17) is 0 Å². The highest BCUT2D eigenvalue weighted by molar-refractivity contribution is 5.67. The van der Waals surface area contributed by atoms with Crippen LogP contribution in [-0.4, -0.2) is 27.7 Å². The largest absolute Gasteiger partial charge is 0.394 e. The fourth-order valence-corrected chi connectivity index (χ4v) is 2.34. The number of aromatic nitrogens is 2. The topological polar surface area (TPSA) is 70.1 Å². The van der Waals surface area contributed by atoms with Crippen molar-refractivity contribution in [2.45, 2.75) is 13.0 Å². The molecule has 0 fully saturated rings. The maximum absolute atomic E-state index is 13.9. The Bertz CT molecular complexity index is 870. The Morgan fingerprint density at radius 1 is 1.00 bits per heavy atom. The summed E-state index contributed by atoms with van der Waals surface area (Å²) in [5, 5.41) is 14.9. The molecule has 3 aromatic rings. The molecule has 1 aromatic heterocycles. The maximum atomic E-state index is 13.9. The van der Waals surface area contributed by atoms with E-state index in [0.29, 0.717) is 5.69 Å². The van der Waals surface area contributed by atoms with E-state index in [2.05, 4.69) is 20.6 Å². The summed E-state index contributed by atoms with van der Waals surface area (Å²) in [6, 6.07) is 14.3. The second-order valence-corrected chi connectivity index (χ2v) is 5.78. The number of nitrogens with zero attached hydrogens (tertiary/aromatic N) is 2. The lowest BCUT2D eigenvalue weighted by atomic mass is 10.1. The van der Waals surface area contributed by atoms with Gasteiger partial charge in [0, 0.05) is 17.7 Å². The third-order valence-electron chi connectivity index (χ3n) is 3.66. The minimum atomic E-state index is -0.719. The first-order valence-electron chi connectivity index (χ1n) is 8.09. The first-order chi connectivity index (χ1) is 12.6. The van der Waals surface area contributed by atoms with Crippen molar-refractivity contribution >= 4 is 17.5 Å². The Balaban J connectivity index is 2.02. The van der Waals surface area contributed by atoms with Crippen LogP contribution in [0.2, 0.25) is 0 Å². The van der Waals surface area contributed by atoms with E-state index >= 15 is 0 Å². The van der Waals surface area contributed by atoms with Crippen molar-refractivity contribution in [3.8, 4) is 11.3 Å². The van der Waals surface area contributed by atoms with Gasteiger partial charge in [0.05, 0.1) is 12.3 Å². The molecule has 0 spiro atoms. The second-order valence-electron chi connectivity index (χ2n) is 5.78. The zero-order chi connectivity index (χ0) is 18.5.